The minimum atomic E-state index is -1.20. The first-order valence-corrected chi connectivity index (χ1v) is 5.67. The van der Waals surface area contributed by atoms with E-state index in [0.717, 1.165) is 5.56 Å². The molecule has 0 aliphatic carbocycles. The summed E-state index contributed by atoms with van der Waals surface area (Å²) in [4.78, 5) is 26.2. The fourth-order valence-electron chi connectivity index (χ4n) is 1.53. The van der Waals surface area contributed by atoms with E-state index in [2.05, 4.69) is 10.3 Å². The van der Waals surface area contributed by atoms with Gasteiger partial charge in [-0.25, -0.2) is 4.79 Å². The maximum atomic E-state index is 11.7. The summed E-state index contributed by atoms with van der Waals surface area (Å²) >= 11 is 0. The second-order valence-electron chi connectivity index (χ2n) is 3.83. The lowest BCUT2D eigenvalue weighted by Gasteiger charge is -2.02. The van der Waals surface area contributed by atoms with Crippen molar-refractivity contribution < 1.29 is 19.1 Å². The van der Waals surface area contributed by atoms with Gasteiger partial charge < -0.3 is 14.8 Å². The van der Waals surface area contributed by atoms with Gasteiger partial charge in [-0.15, -0.1) is 0 Å². The molecule has 0 atom stereocenters. The van der Waals surface area contributed by atoms with Crippen molar-refractivity contribution in [2.24, 2.45) is 0 Å². The van der Waals surface area contributed by atoms with Gasteiger partial charge in [0, 0.05) is 18.9 Å². The molecule has 0 bridgehead atoms. The zero-order valence-corrected chi connectivity index (χ0v) is 10.00. The van der Waals surface area contributed by atoms with Gasteiger partial charge in [0.15, 0.2) is 5.76 Å². The lowest BCUT2D eigenvalue weighted by Crippen LogP contribution is -2.25. The van der Waals surface area contributed by atoms with Gasteiger partial charge in [-0.3, -0.25) is 9.78 Å². The molecule has 1 amide bonds. The zero-order valence-electron chi connectivity index (χ0n) is 10.00. The van der Waals surface area contributed by atoms with Crippen LogP contribution in [0.1, 0.15) is 26.7 Å². The van der Waals surface area contributed by atoms with Crippen LogP contribution in [0.4, 0.5) is 0 Å². The third-order valence-electron chi connectivity index (χ3n) is 2.49. The van der Waals surface area contributed by atoms with E-state index in [1.807, 2.05) is 12.1 Å². The summed E-state index contributed by atoms with van der Waals surface area (Å²) in [6.07, 6.45) is 4.03. The van der Waals surface area contributed by atoms with E-state index >= 15 is 0 Å². The highest BCUT2D eigenvalue weighted by atomic mass is 16.4. The first-order valence-electron chi connectivity index (χ1n) is 5.67. The number of carboxylic acid groups (broad SMARTS) is 1. The minimum absolute atomic E-state index is 0.00729. The molecule has 2 N–H and O–H groups in total. The second kappa shape index (κ2) is 5.81. The molecule has 0 saturated carbocycles. The van der Waals surface area contributed by atoms with Gasteiger partial charge >= 0.3 is 5.97 Å². The van der Waals surface area contributed by atoms with Crippen LogP contribution in [0.2, 0.25) is 0 Å². The average Bonchev–Trinajstić information content (AvgIpc) is 2.89. The molecule has 0 aliphatic heterocycles. The van der Waals surface area contributed by atoms with Crippen molar-refractivity contribution in [2.45, 2.75) is 6.42 Å². The number of furan rings is 1. The predicted molar refractivity (Wildman–Crippen MR) is 65.9 cm³/mol. The quantitative estimate of drug-likeness (QED) is 0.846. The monoisotopic (exact) mass is 260 g/mol. The van der Waals surface area contributed by atoms with Crippen molar-refractivity contribution in [1.29, 1.82) is 0 Å². The number of carbonyl (C=O) groups is 2. The molecule has 2 rings (SSSR count). The molecule has 0 unspecified atom stereocenters. The summed E-state index contributed by atoms with van der Waals surface area (Å²) in [7, 11) is 0. The third-order valence-corrected chi connectivity index (χ3v) is 2.49. The van der Waals surface area contributed by atoms with Gasteiger partial charge in [-0.2, -0.15) is 0 Å². The maximum Gasteiger partial charge on any atom is 0.371 e. The average molecular weight is 260 g/mol. The summed E-state index contributed by atoms with van der Waals surface area (Å²) in [6.45, 7) is 0.436. The van der Waals surface area contributed by atoms with Gasteiger partial charge in [-0.1, -0.05) is 0 Å². The van der Waals surface area contributed by atoms with Gasteiger partial charge in [-0.05, 0) is 36.2 Å². The van der Waals surface area contributed by atoms with Crippen LogP contribution < -0.4 is 5.32 Å². The molecule has 6 heteroatoms. The number of nitrogens with zero attached hydrogens (tertiary/aromatic N) is 1. The van der Waals surface area contributed by atoms with Crippen molar-refractivity contribution in [1.82, 2.24) is 10.3 Å². The lowest BCUT2D eigenvalue weighted by molar-refractivity contribution is 0.0659. The van der Waals surface area contributed by atoms with Crippen LogP contribution in [0, 0.1) is 0 Å². The Labute approximate surface area is 109 Å². The Morgan fingerprint density at radius 1 is 1.16 bits per heavy atom. The highest BCUT2D eigenvalue weighted by molar-refractivity contribution is 5.93. The van der Waals surface area contributed by atoms with Crippen molar-refractivity contribution in [3.63, 3.8) is 0 Å². The van der Waals surface area contributed by atoms with Crippen molar-refractivity contribution >= 4 is 11.9 Å². The fourth-order valence-corrected chi connectivity index (χ4v) is 1.53. The molecule has 2 heterocycles. The number of carboxylic acids is 1. The van der Waals surface area contributed by atoms with Crippen LogP contribution in [0.15, 0.2) is 41.1 Å². The number of carbonyl (C=O) groups excluding carboxylic acids is 1. The fraction of sp³-hybridized carbons (Fsp3) is 0.154. The van der Waals surface area contributed by atoms with Crippen molar-refractivity contribution in [3.8, 4) is 0 Å². The van der Waals surface area contributed by atoms with Crippen LogP contribution in [-0.2, 0) is 6.42 Å². The van der Waals surface area contributed by atoms with E-state index in [-0.39, 0.29) is 11.5 Å². The molecule has 0 radical (unpaired) electrons. The molecule has 19 heavy (non-hydrogen) atoms. The van der Waals surface area contributed by atoms with E-state index < -0.39 is 11.9 Å². The topological polar surface area (TPSA) is 92.4 Å². The molecule has 2 aromatic rings. The normalized spacial score (nSPS) is 10.1. The molecular weight excluding hydrogens is 248 g/mol. The van der Waals surface area contributed by atoms with Crippen LogP contribution >= 0.6 is 0 Å². The molecule has 98 valence electrons. The molecule has 0 aliphatic rings. The molecule has 0 saturated heterocycles. The van der Waals surface area contributed by atoms with Gasteiger partial charge in [0.25, 0.3) is 5.91 Å². The predicted octanol–water partition coefficient (Wildman–Crippen LogP) is 1.35. The number of amides is 1. The number of nitrogens with one attached hydrogen (secondary N) is 1. The number of aromatic nitrogens is 1. The number of hydrogen-bond acceptors (Lipinski definition) is 4. The Hall–Kier alpha value is -2.63. The standard InChI is InChI=1S/C13H12N2O4/c16-12(10-1-2-11(19-10)13(17)18)15-8-5-9-3-6-14-7-4-9/h1-4,6-7H,5,8H2,(H,15,16)(H,17,18). The Balaban J connectivity index is 1.85. The van der Waals surface area contributed by atoms with Crippen LogP contribution in [-0.4, -0.2) is 28.5 Å². The highest BCUT2D eigenvalue weighted by Crippen LogP contribution is 2.07. The summed E-state index contributed by atoms with van der Waals surface area (Å²) in [5, 5.41) is 11.3. The molecule has 6 nitrogen and oxygen atoms in total. The van der Waals surface area contributed by atoms with E-state index in [1.165, 1.54) is 12.1 Å². The van der Waals surface area contributed by atoms with Crippen LogP contribution in [0.3, 0.4) is 0 Å². The minimum Gasteiger partial charge on any atom is -0.475 e. The molecule has 0 aromatic carbocycles. The molecule has 2 aromatic heterocycles. The Morgan fingerprint density at radius 3 is 2.47 bits per heavy atom. The molecule has 0 spiro atoms. The van der Waals surface area contributed by atoms with Crippen LogP contribution in [0.5, 0.6) is 0 Å². The number of aromatic carboxylic acids is 1. The Bertz CT molecular complexity index is 577. The van der Waals surface area contributed by atoms with E-state index in [4.69, 9.17) is 9.52 Å². The SMILES string of the molecule is O=C(O)c1ccc(C(=O)NCCc2ccncc2)o1. The van der Waals surface area contributed by atoms with Gasteiger partial charge in [0.1, 0.15) is 0 Å². The maximum absolute atomic E-state index is 11.7. The zero-order chi connectivity index (χ0) is 13.7. The van der Waals surface area contributed by atoms with Crippen LogP contribution in [0.25, 0.3) is 0 Å². The first-order chi connectivity index (χ1) is 9.16. The Morgan fingerprint density at radius 2 is 1.84 bits per heavy atom. The van der Waals surface area contributed by atoms with E-state index in [1.54, 1.807) is 12.4 Å². The lowest BCUT2D eigenvalue weighted by atomic mass is 10.2. The van der Waals surface area contributed by atoms with Gasteiger partial charge in [0.05, 0.1) is 0 Å². The van der Waals surface area contributed by atoms with Gasteiger partial charge in [0.2, 0.25) is 5.76 Å². The second-order valence-corrected chi connectivity index (χ2v) is 3.83. The van der Waals surface area contributed by atoms with Crippen molar-refractivity contribution in [3.05, 3.63) is 53.7 Å². The van der Waals surface area contributed by atoms with E-state index in [9.17, 15) is 9.59 Å². The summed E-state index contributed by atoms with van der Waals surface area (Å²) < 4.78 is 4.89. The molecular formula is C13H12N2O4. The smallest absolute Gasteiger partial charge is 0.371 e. The number of rotatable bonds is 5. The van der Waals surface area contributed by atoms with Crippen molar-refractivity contribution in [2.75, 3.05) is 6.54 Å². The third kappa shape index (κ3) is 3.41. The Kier molecular flexibility index (Phi) is 3.92. The number of hydrogen-bond donors (Lipinski definition) is 2. The first kappa shape index (κ1) is 12.8. The summed E-state index contributed by atoms with van der Waals surface area (Å²) in [5.41, 5.74) is 1.06. The summed E-state index contributed by atoms with van der Waals surface area (Å²) in [6, 6.07) is 6.31. The van der Waals surface area contributed by atoms with E-state index in [0.29, 0.717) is 13.0 Å². The number of pyridine rings is 1. The summed E-state index contributed by atoms with van der Waals surface area (Å²) in [5.74, 6) is -1.89. The molecule has 0 fully saturated rings. The highest BCUT2D eigenvalue weighted by Gasteiger charge is 2.14. The largest absolute Gasteiger partial charge is 0.475 e.